The van der Waals surface area contributed by atoms with E-state index in [9.17, 15) is 52.8 Å². The fraction of sp³-hybridized carbons (Fsp3) is 0.346. The number of amides is 4. The minimum atomic E-state index is -4.44. The Morgan fingerprint density at radius 1 is 0.525 bits per heavy atom. The molecule has 4 unspecified atom stereocenters. The van der Waals surface area contributed by atoms with Gasteiger partial charge in [0.2, 0.25) is 22.7 Å². The van der Waals surface area contributed by atoms with Gasteiger partial charge in [0, 0.05) is 141 Å². The standard InChI is InChI=1S/C23H25N5O4S.C18H17N5O2S.C15H15F3N6O.C14H8ClN3O2S.C9H18N2O2.2CH4.ClH.HI/c1-23(2,3)32-22(29)27-12-10-16(15-27)26-20-18-11-13-28(21(18)25-14-19(20)24-4)33(30,31)17-8-6-5-7-9-17;1-19-16-12-21-18-15(17(16)22-13-7-9-20-11-13)8-10-23(18)26(24,25)14-5-3-2-4-6-14;1-19-11-6-21-13-10(2-4-20-13)12(11)23-9-3-5-24(7-9)14(25)22-8-15(16,17)18;1-16-12-9-17-14-11(13(12)15)7-8-18(14)21(19,20)10-5-3-2-4-6-10;1-9(2,3)13-8(12)11-5-4-7(10)6-11;;;;/h5-9,11,13-14,16H,10,12,15H2,1-3H3,(H,25,26);2-6,8,10,12-13,20H,7,9,11H2,(H,21,22);2,4,6,9H,3,5,7-8H2,(H,22,25)(H2,20,21,23);2-9H;7H,4-6,10H2,1-3H3;2*1H4;2*1H/p-1. The molecule has 41 heteroatoms. The van der Waals surface area contributed by atoms with Gasteiger partial charge >= 0.3 is 24.4 Å². The number of likely N-dealkylation sites (tertiary alicyclic amines) is 3. The summed E-state index contributed by atoms with van der Waals surface area (Å²) in [5.74, 6) is 0. The molecule has 0 aliphatic carbocycles. The number of fused-ring (bicyclic) bond motifs is 4. The molecule has 15 rings (SSSR count). The molecule has 0 spiro atoms. The highest BCUT2D eigenvalue weighted by molar-refractivity contribution is 7.90. The molecule has 4 amide bonds. The second-order valence-corrected chi connectivity index (χ2v) is 35.2. The number of ether oxygens (including phenoxy) is 2. The average Bonchev–Trinajstić information content (AvgIpc) is 1.62. The zero-order chi connectivity index (χ0) is 85.1. The minimum absolute atomic E-state index is 0. The van der Waals surface area contributed by atoms with E-state index < -0.39 is 60.0 Å². The molecule has 8 aromatic heterocycles. The molecule has 0 saturated carbocycles. The maximum Gasteiger partial charge on any atom is 0.410 e. The van der Waals surface area contributed by atoms with E-state index in [0.717, 1.165) is 45.8 Å². The quantitative estimate of drug-likeness (QED) is 0.0416. The van der Waals surface area contributed by atoms with Gasteiger partial charge in [0.05, 0.1) is 63.1 Å². The van der Waals surface area contributed by atoms with E-state index in [1.165, 1.54) is 76.5 Å². The van der Waals surface area contributed by atoms with Gasteiger partial charge < -0.3 is 85.5 Å². The normalized spacial score (nSPS) is 16.2. The molecule has 4 saturated heterocycles. The third-order valence-electron chi connectivity index (χ3n) is 18.6. The highest BCUT2D eigenvalue weighted by Crippen LogP contribution is 2.39. The lowest BCUT2D eigenvalue weighted by molar-refractivity contribution is -0.123. The number of benzene rings is 3. The van der Waals surface area contributed by atoms with Gasteiger partial charge in [-0.1, -0.05) is 81.1 Å². The molecule has 122 heavy (non-hydrogen) atoms. The van der Waals surface area contributed by atoms with Gasteiger partial charge in [-0.25, -0.2) is 85.9 Å². The first-order chi connectivity index (χ1) is 56.0. The van der Waals surface area contributed by atoms with Crippen molar-refractivity contribution in [2.45, 2.75) is 138 Å². The second kappa shape index (κ2) is 41.4. The number of hydrogen-bond acceptors (Lipinski definition) is 20. The molecule has 648 valence electrons. The number of hydrogen-bond donors (Lipinski definition) is 7. The molecule has 3 aromatic carbocycles. The number of alkyl halides is 3. The third kappa shape index (κ3) is 23.4. The summed E-state index contributed by atoms with van der Waals surface area (Å²) in [5, 5.41) is 17.7. The van der Waals surface area contributed by atoms with Gasteiger partial charge in [-0.2, -0.15) is 13.2 Å². The van der Waals surface area contributed by atoms with Crippen LogP contribution in [0.15, 0.2) is 180 Å². The van der Waals surface area contributed by atoms with Crippen LogP contribution in [0.5, 0.6) is 0 Å². The van der Waals surface area contributed by atoms with Crippen molar-refractivity contribution in [3.63, 3.8) is 0 Å². The number of carbonyl (C=O) groups is 3. The topological polar surface area (TPSA) is 368 Å². The van der Waals surface area contributed by atoms with Crippen LogP contribution in [-0.4, -0.2) is 195 Å². The van der Waals surface area contributed by atoms with E-state index in [2.05, 4.69) is 65.6 Å². The summed E-state index contributed by atoms with van der Waals surface area (Å²) >= 11 is 6.09. The summed E-state index contributed by atoms with van der Waals surface area (Å²) in [6.45, 7) is 43.5. The van der Waals surface area contributed by atoms with E-state index in [1.54, 1.807) is 107 Å². The SMILES string of the molecule is C.C.CC(C)(C)OC(=O)N1CCC(N)C1.Cl.[C-]#[N+]c1cnc2[nH]ccc2c1NC1CCN(C(=O)NCC(F)(F)F)C1.[C-]#[N+]c1cnc2c(ccn2S(=O)(=O)c2ccccc2)c1Cl.[C-]#[N+]c1cnc2c(ccn2S(=O)(=O)c2ccccc2)c1NC1CCN(C(=O)OC(C)(C)C)C1.[C-]#[N+]c1cnc2c(ccn2S(=O)(=O)c2ccccc2)c1NC1CCNC1.[I-]. The molecule has 0 bridgehead atoms. The van der Waals surface area contributed by atoms with Crippen LogP contribution in [0.2, 0.25) is 5.02 Å². The molecule has 4 aliphatic heterocycles. The van der Waals surface area contributed by atoms with Crippen LogP contribution < -0.4 is 56.3 Å². The molecule has 0 radical (unpaired) electrons. The number of halogens is 6. The summed E-state index contributed by atoms with van der Waals surface area (Å²) in [6, 6.07) is 30.4. The summed E-state index contributed by atoms with van der Waals surface area (Å²) in [6.07, 6.45) is 9.57. The first-order valence-corrected chi connectivity index (χ1v) is 41.6. The molecule has 12 heterocycles. The fourth-order valence-corrected chi connectivity index (χ4v) is 17.2. The Morgan fingerprint density at radius 2 is 0.902 bits per heavy atom. The molecular formula is C81H92Cl2F3IN21O11S3-. The lowest BCUT2D eigenvalue weighted by Crippen LogP contribution is -3.00. The number of rotatable bonds is 13. The number of anilines is 3. The molecule has 8 N–H and O–H groups in total. The van der Waals surface area contributed by atoms with Crippen molar-refractivity contribution in [1.29, 1.82) is 0 Å². The molecule has 11 aromatic rings. The molecule has 4 fully saturated rings. The maximum atomic E-state index is 13.1. The predicted molar refractivity (Wildman–Crippen MR) is 461 cm³/mol. The van der Waals surface area contributed by atoms with Gasteiger partial charge in [-0.05, 0) is 134 Å². The number of pyridine rings is 4. The zero-order valence-corrected chi connectivity index (χ0v) is 71.6. The Bertz CT molecular complexity index is 6070. The number of aromatic nitrogens is 8. The molecular weight excluding hydrogens is 1790 g/mol. The van der Waals surface area contributed by atoms with Gasteiger partial charge in [0.25, 0.3) is 30.1 Å². The van der Waals surface area contributed by atoms with E-state index in [4.69, 9.17) is 53.1 Å². The summed E-state index contributed by atoms with van der Waals surface area (Å²) in [4.78, 5) is 74.2. The van der Waals surface area contributed by atoms with Crippen LogP contribution in [0.1, 0.15) is 82.1 Å². The second-order valence-electron chi connectivity index (χ2n) is 29.4. The van der Waals surface area contributed by atoms with E-state index in [1.807, 2.05) is 46.9 Å². The predicted octanol–water partition coefficient (Wildman–Crippen LogP) is 12.8. The monoisotopic (exact) mass is 1880 g/mol. The van der Waals surface area contributed by atoms with Crippen molar-refractivity contribution in [1.82, 2.24) is 62.2 Å². The van der Waals surface area contributed by atoms with Crippen molar-refractivity contribution in [3.8, 4) is 0 Å². The average molecular weight is 1890 g/mol. The number of urea groups is 1. The van der Waals surface area contributed by atoms with Gasteiger partial charge in [0.15, 0.2) is 16.9 Å². The Labute approximate surface area is 734 Å². The number of nitrogens with one attached hydrogen (secondary N) is 6. The molecule has 32 nitrogen and oxygen atoms in total. The van der Waals surface area contributed by atoms with Crippen molar-refractivity contribution < 1.29 is 86.3 Å². The van der Waals surface area contributed by atoms with Gasteiger partial charge in [-0.15, -0.1) is 12.4 Å². The minimum Gasteiger partial charge on any atom is -1.00 e. The van der Waals surface area contributed by atoms with Crippen molar-refractivity contribution in [2.24, 2.45) is 5.73 Å². The van der Waals surface area contributed by atoms with Crippen molar-refractivity contribution in [3.05, 3.63) is 216 Å². The van der Waals surface area contributed by atoms with Crippen LogP contribution >= 0.6 is 24.0 Å². The third-order valence-corrected chi connectivity index (χ3v) is 24.0. The number of nitrogens with zero attached hydrogens (tertiary/aromatic N) is 14. The number of carbonyl (C=O) groups excluding carboxylic acids is 3. The number of aromatic amines is 1. The van der Waals surface area contributed by atoms with Crippen LogP contribution in [0.4, 0.5) is 67.4 Å². The number of nitrogens with two attached hydrogens (primary N) is 1. The first-order valence-electron chi connectivity index (χ1n) is 36.9. The van der Waals surface area contributed by atoms with E-state index in [-0.39, 0.29) is 137 Å². The Morgan fingerprint density at radius 3 is 1.30 bits per heavy atom. The highest BCUT2D eigenvalue weighted by Gasteiger charge is 2.35. The van der Waals surface area contributed by atoms with Gasteiger partial charge in [0.1, 0.15) is 23.4 Å². The summed E-state index contributed by atoms with van der Waals surface area (Å²) in [7, 11) is -11.3. The largest absolute Gasteiger partial charge is 1.00 e. The van der Waals surface area contributed by atoms with Crippen molar-refractivity contribution >= 4 is 156 Å². The lowest BCUT2D eigenvalue weighted by Gasteiger charge is -2.24. The summed E-state index contributed by atoms with van der Waals surface area (Å²) in [5.41, 5.74) is 9.05. The first kappa shape index (κ1) is 97.6. The van der Waals surface area contributed by atoms with Crippen LogP contribution in [0, 0.1) is 26.3 Å². The van der Waals surface area contributed by atoms with Crippen LogP contribution in [0.25, 0.3) is 63.5 Å². The summed E-state index contributed by atoms with van der Waals surface area (Å²) < 4.78 is 128. The maximum absolute atomic E-state index is 13.1. The fourth-order valence-electron chi connectivity index (χ4n) is 13.0. The smallest absolute Gasteiger partial charge is 0.410 e. The molecule has 4 atom stereocenters. The Hall–Kier alpha value is -11.5. The lowest BCUT2D eigenvalue weighted by atomic mass is 10.2. The van der Waals surface area contributed by atoms with E-state index in [0.29, 0.717) is 94.9 Å². The van der Waals surface area contributed by atoms with Gasteiger partial charge in [-0.3, -0.25) is 4.98 Å². The molecule has 4 aliphatic rings. The van der Waals surface area contributed by atoms with Crippen molar-refractivity contribution in [2.75, 3.05) is 74.9 Å². The highest BCUT2D eigenvalue weighted by atomic mass is 127. The van der Waals surface area contributed by atoms with E-state index >= 15 is 0 Å². The Kier molecular flexibility index (Phi) is 33.1. The zero-order valence-electron chi connectivity index (χ0n) is 65.4. The Balaban J connectivity index is 0.000000213. The van der Waals surface area contributed by atoms with Crippen LogP contribution in [-0.2, 0) is 39.5 Å². The van der Waals surface area contributed by atoms with Crippen LogP contribution in [0.3, 0.4) is 0 Å². The number of H-pyrrole nitrogens is 1.